The highest BCUT2D eigenvalue weighted by molar-refractivity contribution is 5.35. The summed E-state index contributed by atoms with van der Waals surface area (Å²) in [5.74, 6) is 0.247. The molecule has 3 nitrogen and oxygen atoms in total. The average molecular weight is 270 g/mol. The number of alkyl halides is 2. The van der Waals surface area contributed by atoms with E-state index in [9.17, 15) is 8.78 Å². The van der Waals surface area contributed by atoms with Crippen LogP contribution in [0.15, 0.2) is 24.3 Å². The molecule has 0 spiro atoms. The van der Waals surface area contributed by atoms with E-state index in [1.54, 1.807) is 12.1 Å². The number of rotatable bonds is 6. The predicted octanol–water partition coefficient (Wildman–Crippen LogP) is 2.69. The fourth-order valence-corrected chi connectivity index (χ4v) is 2.40. The summed E-state index contributed by atoms with van der Waals surface area (Å²) in [5.41, 5.74) is 0.765. The highest BCUT2D eigenvalue weighted by atomic mass is 19.3. The van der Waals surface area contributed by atoms with Gasteiger partial charge in [0.25, 0.3) is 0 Å². The van der Waals surface area contributed by atoms with Crippen LogP contribution in [-0.4, -0.2) is 25.7 Å². The maximum Gasteiger partial charge on any atom is 0.387 e. The van der Waals surface area contributed by atoms with E-state index in [-0.39, 0.29) is 11.8 Å². The topological polar surface area (TPSA) is 33.3 Å². The second kappa shape index (κ2) is 6.82. The van der Waals surface area contributed by atoms with Crippen LogP contribution in [0.3, 0.4) is 0 Å². The van der Waals surface area contributed by atoms with Crippen LogP contribution in [0.5, 0.6) is 5.75 Å². The minimum atomic E-state index is -2.79. The molecule has 0 saturated carbocycles. The smallest absolute Gasteiger partial charge is 0.387 e. The third kappa shape index (κ3) is 4.14. The molecule has 1 fully saturated rings. The van der Waals surface area contributed by atoms with Crippen molar-refractivity contribution in [1.29, 1.82) is 0 Å². The number of halogens is 2. The van der Waals surface area contributed by atoms with E-state index in [0.29, 0.717) is 6.04 Å². The van der Waals surface area contributed by atoms with Gasteiger partial charge in [-0.2, -0.15) is 8.78 Å². The highest BCUT2D eigenvalue weighted by Gasteiger charge is 2.17. The van der Waals surface area contributed by atoms with Gasteiger partial charge in [-0.25, -0.2) is 0 Å². The Morgan fingerprint density at radius 1 is 1.42 bits per heavy atom. The lowest BCUT2D eigenvalue weighted by molar-refractivity contribution is -0.0506. The zero-order chi connectivity index (χ0) is 13.7. The second-order valence-electron chi connectivity index (χ2n) is 4.84. The fourth-order valence-electron chi connectivity index (χ4n) is 2.40. The first-order valence-corrected chi connectivity index (χ1v) is 6.67. The van der Waals surface area contributed by atoms with Crippen LogP contribution in [0, 0.1) is 0 Å². The molecule has 19 heavy (non-hydrogen) atoms. The Morgan fingerprint density at radius 3 is 2.89 bits per heavy atom. The summed E-state index contributed by atoms with van der Waals surface area (Å²) in [6, 6.07) is 7.39. The van der Waals surface area contributed by atoms with E-state index in [4.69, 9.17) is 0 Å². The monoisotopic (exact) mass is 270 g/mol. The quantitative estimate of drug-likeness (QED) is 0.834. The molecule has 2 atom stereocenters. The third-order valence-corrected chi connectivity index (χ3v) is 3.43. The Bertz CT molecular complexity index is 395. The molecule has 2 rings (SSSR count). The molecular weight excluding hydrogens is 250 g/mol. The number of hydrogen-bond acceptors (Lipinski definition) is 3. The molecule has 0 aromatic heterocycles. The zero-order valence-corrected chi connectivity index (χ0v) is 11.0. The Kier molecular flexibility index (Phi) is 5.10. The molecule has 1 heterocycles. The molecule has 1 aromatic rings. The standard InChI is InChI=1S/C14H20F2N2O/c1-10(18-9-11-5-4-8-17-11)12-6-2-3-7-13(12)19-14(15)16/h2-3,6-7,10-11,14,17-18H,4-5,8-9H2,1H3. The minimum Gasteiger partial charge on any atom is -0.434 e. The lowest BCUT2D eigenvalue weighted by Gasteiger charge is -2.20. The summed E-state index contributed by atoms with van der Waals surface area (Å²) in [7, 11) is 0. The zero-order valence-electron chi connectivity index (χ0n) is 11.0. The summed E-state index contributed by atoms with van der Waals surface area (Å²) in [5, 5.41) is 6.76. The second-order valence-corrected chi connectivity index (χ2v) is 4.84. The van der Waals surface area contributed by atoms with Crippen LogP contribution in [0.25, 0.3) is 0 Å². The first-order valence-electron chi connectivity index (χ1n) is 6.67. The Labute approximate surface area is 112 Å². The lowest BCUT2D eigenvalue weighted by Crippen LogP contribution is -2.35. The number of hydrogen-bond donors (Lipinski definition) is 2. The summed E-state index contributed by atoms with van der Waals surface area (Å²) >= 11 is 0. The Morgan fingerprint density at radius 2 is 2.21 bits per heavy atom. The van der Waals surface area contributed by atoms with E-state index in [2.05, 4.69) is 15.4 Å². The van der Waals surface area contributed by atoms with Gasteiger partial charge < -0.3 is 15.4 Å². The Hall–Kier alpha value is -1.20. The molecule has 5 heteroatoms. The van der Waals surface area contributed by atoms with Gasteiger partial charge >= 0.3 is 6.61 Å². The van der Waals surface area contributed by atoms with Crippen LogP contribution < -0.4 is 15.4 Å². The van der Waals surface area contributed by atoms with Gasteiger partial charge in [-0.3, -0.25) is 0 Å². The summed E-state index contributed by atoms with van der Waals surface area (Å²) in [6.07, 6.45) is 2.36. The van der Waals surface area contributed by atoms with Crippen LogP contribution in [0.2, 0.25) is 0 Å². The fraction of sp³-hybridized carbons (Fsp3) is 0.571. The molecule has 1 saturated heterocycles. The van der Waals surface area contributed by atoms with Crippen molar-refractivity contribution < 1.29 is 13.5 Å². The van der Waals surface area contributed by atoms with E-state index >= 15 is 0 Å². The molecule has 0 amide bonds. The minimum absolute atomic E-state index is 0.0163. The average Bonchev–Trinajstić information content (AvgIpc) is 2.89. The van der Waals surface area contributed by atoms with Gasteiger partial charge in [-0.05, 0) is 32.4 Å². The molecule has 2 N–H and O–H groups in total. The largest absolute Gasteiger partial charge is 0.434 e. The lowest BCUT2D eigenvalue weighted by atomic mass is 10.1. The van der Waals surface area contributed by atoms with Crippen molar-refractivity contribution in [2.45, 2.75) is 38.5 Å². The van der Waals surface area contributed by atoms with E-state index in [1.807, 2.05) is 19.1 Å². The predicted molar refractivity (Wildman–Crippen MR) is 70.5 cm³/mol. The van der Waals surface area contributed by atoms with Crippen LogP contribution in [0.1, 0.15) is 31.4 Å². The van der Waals surface area contributed by atoms with Crippen molar-refractivity contribution in [1.82, 2.24) is 10.6 Å². The van der Waals surface area contributed by atoms with Gasteiger partial charge in [0, 0.05) is 24.2 Å². The maximum absolute atomic E-state index is 12.3. The van der Waals surface area contributed by atoms with Gasteiger partial charge in [-0.1, -0.05) is 18.2 Å². The van der Waals surface area contributed by atoms with E-state index in [1.165, 1.54) is 6.42 Å². The van der Waals surface area contributed by atoms with E-state index in [0.717, 1.165) is 25.1 Å². The van der Waals surface area contributed by atoms with Crippen molar-refractivity contribution in [3.63, 3.8) is 0 Å². The molecule has 0 bridgehead atoms. The van der Waals surface area contributed by atoms with Crippen molar-refractivity contribution in [3.05, 3.63) is 29.8 Å². The first kappa shape index (κ1) is 14.2. The Balaban J connectivity index is 1.95. The van der Waals surface area contributed by atoms with Gasteiger partial charge in [0.1, 0.15) is 5.75 Å². The SMILES string of the molecule is CC(NCC1CCCN1)c1ccccc1OC(F)F. The normalized spacial score (nSPS) is 20.7. The van der Waals surface area contributed by atoms with Gasteiger partial charge in [0.05, 0.1) is 0 Å². The van der Waals surface area contributed by atoms with Crippen molar-refractivity contribution >= 4 is 0 Å². The molecule has 0 radical (unpaired) electrons. The molecule has 106 valence electrons. The molecule has 1 aliphatic rings. The number of nitrogens with one attached hydrogen (secondary N) is 2. The van der Waals surface area contributed by atoms with Crippen molar-refractivity contribution in [2.75, 3.05) is 13.1 Å². The summed E-state index contributed by atoms with van der Waals surface area (Å²) < 4.78 is 29.2. The molecule has 1 aromatic carbocycles. The van der Waals surface area contributed by atoms with Gasteiger partial charge in [0.15, 0.2) is 0 Å². The number of ether oxygens (including phenoxy) is 1. The van der Waals surface area contributed by atoms with Crippen LogP contribution in [-0.2, 0) is 0 Å². The van der Waals surface area contributed by atoms with E-state index < -0.39 is 6.61 Å². The van der Waals surface area contributed by atoms with Crippen molar-refractivity contribution in [2.24, 2.45) is 0 Å². The molecular formula is C14H20F2N2O. The third-order valence-electron chi connectivity index (χ3n) is 3.43. The molecule has 0 aliphatic carbocycles. The van der Waals surface area contributed by atoms with Gasteiger partial charge in [0.2, 0.25) is 0 Å². The first-order chi connectivity index (χ1) is 9.16. The highest BCUT2D eigenvalue weighted by Crippen LogP contribution is 2.26. The summed E-state index contributed by atoms with van der Waals surface area (Å²) in [6.45, 7) is 1.07. The molecule has 1 aliphatic heterocycles. The van der Waals surface area contributed by atoms with Crippen LogP contribution in [0.4, 0.5) is 8.78 Å². The number of benzene rings is 1. The van der Waals surface area contributed by atoms with Crippen LogP contribution >= 0.6 is 0 Å². The van der Waals surface area contributed by atoms with Gasteiger partial charge in [-0.15, -0.1) is 0 Å². The maximum atomic E-state index is 12.3. The van der Waals surface area contributed by atoms with Crippen molar-refractivity contribution in [3.8, 4) is 5.75 Å². The number of para-hydroxylation sites is 1. The molecule has 2 unspecified atom stereocenters. The summed E-state index contributed by atoms with van der Waals surface area (Å²) in [4.78, 5) is 0.